The molecule has 0 aliphatic carbocycles. The van der Waals surface area contributed by atoms with E-state index in [1.165, 1.54) is 0 Å². The number of urea groups is 1. The first-order chi connectivity index (χ1) is 11.7. The van der Waals surface area contributed by atoms with Crippen molar-refractivity contribution in [3.05, 3.63) is 48.7 Å². The highest BCUT2D eigenvalue weighted by Crippen LogP contribution is 2.18. The molecule has 7 nitrogen and oxygen atoms in total. The topological polar surface area (TPSA) is 87.5 Å². The van der Waals surface area contributed by atoms with Crippen LogP contribution in [-0.4, -0.2) is 34.9 Å². The fourth-order valence-electron chi connectivity index (χ4n) is 2.71. The van der Waals surface area contributed by atoms with Gasteiger partial charge in [0.1, 0.15) is 5.76 Å². The largest absolute Gasteiger partial charge is 0.467 e. The molecule has 0 saturated carbocycles. The van der Waals surface area contributed by atoms with Gasteiger partial charge in [-0.25, -0.2) is 4.79 Å². The number of carbonyl (C=O) groups is 2. The number of anilines is 1. The zero-order valence-corrected chi connectivity index (χ0v) is 13.3. The number of rotatable bonds is 4. The van der Waals surface area contributed by atoms with Crippen molar-refractivity contribution in [2.24, 2.45) is 5.92 Å². The lowest BCUT2D eigenvalue weighted by atomic mass is 9.96. The first-order valence-electron chi connectivity index (χ1n) is 7.98. The summed E-state index contributed by atoms with van der Waals surface area (Å²) < 4.78 is 5.20. The normalized spacial score (nSPS) is 15.1. The molecule has 0 bridgehead atoms. The molecule has 0 spiro atoms. The van der Waals surface area contributed by atoms with Crippen molar-refractivity contribution in [1.29, 1.82) is 0 Å². The van der Waals surface area contributed by atoms with Crippen LogP contribution in [0.4, 0.5) is 10.5 Å². The maximum absolute atomic E-state index is 12.2. The van der Waals surface area contributed by atoms with Gasteiger partial charge in [-0.1, -0.05) is 0 Å². The minimum absolute atomic E-state index is 0.0144. The Kier molecular flexibility index (Phi) is 5.10. The Bertz CT molecular complexity index is 664. The summed E-state index contributed by atoms with van der Waals surface area (Å²) >= 11 is 0. The zero-order valence-electron chi connectivity index (χ0n) is 13.3. The summed E-state index contributed by atoms with van der Waals surface area (Å²) in [6.45, 7) is 1.53. The minimum Gasteiger partial charge on any atom is -0.467 e. The Hall–Kier alpha value is -2.83. The van der Waals surface area contributed by atoms with Crippen molar-refractivity contribution in [3.63, 3.8) is 0 Å². The van der Waals surface area contributed by atoms with E-state index in [4.69, 9.17) is 4.42 Å². The van der Waals surface area contributed by atoms with E-state index in [0.717, 1.165) is 5.76 Å². The molecule has 2 aromatic heterocycles. The fraction of sp³-hybridized carbons (Fsp3) is 0.353. The van der Waals surface area contributed by atoms with Crippen LogP contribution in [0, 0.1) is 5.92 Å². The van der Waals surface area contributed by atoms with Crippen LogP contribution in [0.3, 0.4) is 0 Å². The highest BCUT2D eigenvalue weighted by Gasteiger charge is 2.27. The lowest BCUT2D eigenvalue weighted by Crippen LogP contribution is -2.44. The van der Waals surface area contributed by atoms with E-state index in [0.29, 0.717) is 38.2 Å². The van der Waals surface area contributed by atoms with Crippen LogP contribution in [0.2, 0.25) is 0 Å². The van der Waals surface area contributed by atoms with E-state index in [-0.39, 0.29) is 17.9 Å². The predicted molar refractivity (Wildman–Crippen MR) is 88.1 cm³/mol. The molecule has 3 amide bonds. The highest BCUT2D eigenvalue weighted by atomic mass is 16.3. The number of amides is 3. The third kappa shape index (κ3) is 4.13. The molecule has 0 aromatic carbocycles. The van der Waals surface area contributed by atoms with E-state index in [2.05, 4.69) is 15.6 Å². The minimum atomic E-state index is -0.143. The smallest absolute Gasteiger partial charge is 0.321 e. The molecule has 0 radical (unpaired) electrons. The molecule has 1 aliphatic heterocycles. The average molecular weight is 328 g/mol. The number of piperidine rings is 1. The maximum Gasteiger partial charge on any atom is 0.321 e. The molecule has 0 unspecified atom stereocenters. The second-order valence-corrected chi connectivity index (χ2v) is 5.72. The van der Waals surface area contributed by atoms with Crippen LogP contribution in [0.15, 0.2) is 47.3 Å². The predicted octanol–water partition coefficient (Wildman–Crippen LogP) is 2.23. The van der Waals surface area contributed by atoms with Gasteiger partial charge >= 0.3 is 6.03 Å². The summed E-state index contributed by atoms with van der Waals surface area (Å²) in [5.74, 6) is 0.683. The highest BCUT2D eigenvalue weighted by molar-refractivity contribution is 5.89. The Labute approximate surface area is 140 Å². The van der Waals surface area contributed by atoms with Crippen molar-refractivity contribution >= 4 is 17.6 Å². The molecule has 0 atom stereocenters. The quantitative estimate of drug-likeness (QED) is 0.901. The molecular weight excluding hydrogens is 308 g/mol. The van der Waals surface area contributed by atoms with Gasteiger partial charge in [-0.3, -0.25) is 9.78 Å². The van der Waals surface area contributed by atoms with Crippen molar-refractivity contribution < 1.29 is 14.0 Å². The Balaban J connectivity index is 1.43. The van der Waals surface area contributed by atoms with Crippen molar-refractivity contribution in [2.75, 3.05) is 18.4 Å². The third-order valence-electron chi connectivity index (χ3n) is 4.10. The number of furan rings is 1. The van der Waals surface area contributed by atoms with Gasteiger partial charge in [0.25, 0.3) is 0 Å². The van der Waals surface area contributed by atoms with E-state index in [1.807, 2.05) is 6.07 Å². The van der Waals surface area contributed by atoms with Crippen molar-refractivity contribution in [3.8, 4) is 0 Å². The molecule has 3 rings (SSSR count). The summed E-state index contributed by atoms with van der Waals surface area (Å²) in [4.78, 5) is 30.0. The summed E-state index contributed by atoms with van der Waals surface area (Å²) in [6.07, 6.45) is 6.17. The number of hydrogen-bond acceptors (Lipinski definition) is 4. The molecule has 1 saturated heterocycles. The summed E-state index contributed by atoms with van der Waals surface area (Å²) in [6, 6.07) is 6.96. The van der Waals surface area contributed by atoms with Crippen LogP contribution in [0.5, 0.6) is 0 Å². The van der Waals surface area contributed by atoms with Crippen molar-refractivity contribution in [2.45, 2.75) is 19.4 Å². The lowest BCUT2D eigenvalue weighted by Gasteiger charge is -2.31. The van der Waals surface area contributed by atoms with Gasteiger partial charge in [0.15, 0.2) is 0 Å². The first kappa shape index (κ1) is 16.0. The number of nitrogens with zero attached hydrogens (tertiary/aromatic N) is 2. The van der Waals surface area contributed by atoms with Gasteiger partial charge in [0.2, 0.25) is 5.91 Å². The van der Waals surface area contributed by atoms with E-state index in [1.54, 1.807) is 41.8 Å². The number of pyridine rings is 1. The second-order valence-electron chi connectivity index (χ2n) is 5.72. The van der Waals surface area contributed by atoms with Crippen LogP contribution in [0.25, 0.3) is 0 Å². The number of nitrogens with one attached hydrogen (secondary N) is 2. The maximum atomic E-state index is 12.2. The van der Waals surface area contributed by atoms with Gasteiger partial charge in [-0.2, -0.15) is 0 Å². The molecule has 1 fully saturated rings. The van der Waals surface area contributed by atoms with Crippen LogP contribution in [0.1, 0.15) is 18.6 Å². The average Bonchev–Trinajstić information content (AvgIpc) is 3.14. The Morgan fingerprint density at radius 2 is 1.96 bits per heavy atom. The van der Waals surface area contributed by atoms with Crippen LogP contribution in [-0.2, 0) is 11.3 Å². The van der Waals surface area contributed by atoms with Crippen LogP contribution < -0.4 is 10.6 Å². The third-order valence-corrected chi connectivity index (χ3v) is 4.10. The molecule has 1 aliphatic rings. The molecule has 126 valence electrons. The number of aromatic nitrogens is 1. The number of carbonyl (C=O) groups excluding carboxylic acids is 2. The van der Waals surface area contributed by atoms with Crippen LogP contribution >= 0.6 is 0 Å². The monoisotopic (exact) mass is 328 g/mol. The molecule has 2 aromatic rings. The Morgan fingerprint density at radius 1 is 1.21 bits per heavy atom. The first-order valence-corrected chi connectivity index (χ1v) is 7.98. The van der Waals surface area contributed by atoms with Crippen molar-refractivity contribution in [1.82, 2.24) is 15.2 Å². The van der Waals surface area contributed by atoms with E-state index >= 15 is 0 Å². The van der Waals surface area contributed by atoms with Gasteiger partial charge in [0.05, 0.1) is 12.8 Å². The SMILES string of the molecule is O=C(NCc1ccco1)C1CCN(C(=O)Nc2ccncc2)CC1. The summed E-state index contributed by atoms with van der Waals surface area (Å²) in [5, 5.41) is 5.71. The fourth-order valence-corrected chi connectivity index (χ4v) is 2.71. The summed E-state index contributed by atoms with van der Waals surface area (Å²) in [5.41, 5.74) is 0.716. The second kappa shape index (κ2) is 7.63. The van der Waals surface area contributed by atoms with Gasteiger partial charge in [0, 0.05) is 37.1 Å². The standard InChI is InChI=1S/C17H20N4O3/c22-16(19-12-15-2-1-11-24-15)13-5-9-21(10-6-13)17(23)20-14-3-7-18-8-4-14/h1-4,7-8,11,13H,5-6,9-10,12H2,(H,19,22)(H,18,20,23). The number of likely N-dealkylation sites (tertiary alicyclic amines) is 1. The van der Waals surface area contributed by atoms with Gasteiger partial charge in [-0.15, -0.1) is 0 Å². The molecule has 24 heavy (non-hydrogen) atoms. The molecule has 2 N–H and O–H groups in total. The Morgan fingerprint density at radius 3 is 2.62 bits per heavy atom. The molecule has 3 heterocycles. The van der Waals surface area contributed by atoms with Gasteiger partial charge in [-0.05, 0) is 37.1 Å². The molecular formula is C17H20N4O3. The van der Waals surface area contributed by atoms with Gasteiger partial charge < -0.3 is 20.0 Å². The summed E-state index contributed by atoms with van der Waals surface area (Å²) in [7, 11) is 0. The lowest BCUT2D eigenvalue weighted by molar-refractivity contribution is -0.126. The van der Waals surface area contributed by atoms with E-state index < -0.39 is 0 Å². The molecule has 7 heteroatoms. The zero-order chi connectivity index (χ0) is 16.8. The van der Waals surface area contributed by atoms with E-state index in [9.17, 15) is 9.59 Å². The number of hydrogen-bond donors (Lipinski definition) is 2.